The van der Waals surface area contributed by atoms with Crippen molar-refractivity contribution in [3.05, 3.63) is 29.1 Å². The van der Waals surface area contributed by atoms with Gasteiger partial charge in [-0.15, -0.1) is 16.8 Å². The van der Waals surface area contributed by atoms with Crippen molar-refractivity contribution in [2.45, 2.75) is 13.0 Å². The molecule has 2 aromatic heterocycles. The SMILES string of the molecule is CC1C=C(N2CNc3c(sc4nccc(N(C)C)c34)C2=O)ON1. The first-order chi connectivity index (χ1) is 11.1. The number of nitrogens with zero attached hydrogens (tertiary/aromatic N) is 3. The molecule has 2 aliphatic rings. The van der Waals surface area contributed by atoms with Gasteiger partial charge in [0.25, 0.3) is 5.91 Å². The summed E-state index contributed by atoms with van der Waals surface area (Å²) in [7, 11) is 3.97. The van der Waals surface area contributed by atoms with Crippen molar-refractivity contribution in [2.75, 3.05) is 31.0 Å². The summed E-state index contributed by atoms with van der Waals surface area (Å²) in [6.45, 7) is 2.34. The largest absolute Gasteiger partial charge is 0.390 e. The molecular weight excluding hydrogens is 314 g/mol. The number of anilines is 2. The topological polar surface area (TPSA) is 69.7 Å². The van der Waals surface area contributed by atoms with Crippen LogP contribution >= 0.6 is 11.3 Å². The highest BCUT2D eigenvalue weighted by atomic mass is 32.1. The lowest BCUT2D eigenvalue weighted by molar-refractivity contribution is 0.0450. The summed E-state index contributed by atoms with van der Waals surface area (Å²) >= 11 is 1.41. The summed E-state index contributed by atoms with van der Waals surface area (Å²) in [6.07, 6.45) is 3.66. The maximum Gasteiger partial charge on any atom is 0.274 e. The first kappa shape index (κ1) is 14.3. The van der Waals surface area contributed by atoms with E-state index in [1.54, 1.807) is 11.1 Å². The third-order valence-corrected chi connectivity index (χ3v) is 5.00. The molecule has 0 aromatic carbocycles. The predicted molar refractivity (Wildman–Crippen MR) is 90.4 cm³/mol. The fraction of sp³-hybridized carbons (Fsp3) is 0.333. The summed E-state index contributed by atoms with van der Waals surface area (Å²) in [6, 6.07) is 2.05. The Bertz CT molecular complexity index is 829. The molecule has 2 aliphatic heterocycles. The van der Waals surface area contributed by atoms with Crippen LogP contribution in [-0.2, 0) is 4.84 Å². The van der Waals surface area contributed by atoms with E-state index >= 15 is 0 Å². The number of pyridine rings is 1. The van der Waals surface area contributed by atoms with E-state index < -0.39 is 0 Å². The van der Waals surface area contributed by atoms with Crippen LogP contribution in [0.2, 0.25) is 0 Å². The normalized spacial score (nSPS) is 20.1. The fourth-order valence-electron chi connectivity index (χ4n) is 2.81. The summed E-state index contributed by atoms with van der Waals surface area (Å²) in [5.41, 5.74) is 4.74. The third-order valence-electron chi connectivity index (χ3n) is 3.91. The van der Waals surface area contributed by atoms with Crippen molar-refractivity contribution >= 4 is 38.8 Å². The molecule has 2 N–H and O–H groups in total. The zero-order chi connectivity index (χ0) is 16.1. The van der Waals surface area contributed by atoms with Crippen LogP contribution in [0.5, 0.6) is 0 Å². The maximum absolute atomic E-state index is 12.9. The van der Waals surface area contributed by atoms with Gasteiger partial charge in [-0.2, -0.15) is 0 Å². The molecule has 1 unspecified atom stereocenters. The standard InChI is InChI=1S/C15H17N5O2S/c1-8-6-10(22-18-8)20-7-17-12-11-9(19(2)3)4-5-16-14(11)23-13(12)15(20)21/h4-6,8,17-18H,7H2,1-3H3. The van der Waals surface area contributed by atoms with Crippen LogP contribution < -0.4 is 15.7 Å². The Kier molecular flexibility index (Phi) is 3.17. The van der Waals surface area contributed by atoms with E-state index in [2.05, 4.69) is 15.8 Å². The average molecular weight is 331 g/mol. The van der Waals surface area contributed by atoms with E-state index in [9.17, 15) is 4.79 Å². The molecule has 7 nitrogen and oxygen atoms in total. The number of carbonyl (C=O) groups is 1. The monoisotopic (exact) mass is 331 g/mol. The van der Waals surface area contributed by atoms with Gasteiger partial charge in [-0.1, -0.05) is 0 Å². The minimum absolute atomic E-state index is 0.0615. The first-order valence-corrected chi connectivity index (χ1v) is 8.16. The number of carbonyl (C=O) groups excluding carboxylic acids is 1. The number of hydroxylamine groups is 1. The minimum Gasteiger partial charge on any atom is -0.390 e. The highest BCUT2D eigenvalue weighted by Gasteiger charge is 2.34. The maximum atomic E-state index is 12.9. The van der Waals surface area contributed by atoms with Crippen LogP contribution in [0.4, 0.5) is 11.4 Å². The number of hydrogen-bond acceptors (Lipinski definition) is 7. The second-order valence-electron chi connectivity index (χ2n) is 5.79. The van der Waals surface area contributed by atoms with E-state index in [1.807, 2.05) is 38.1 Å². The Balaban J connectivity index is 1.81. The quantitative estimate of drug-likeness (QED) is 0.877. The van der Waals surface area contributed by atoms with Gasteiger partial charge < -0.3 is 15.1 Å². The van der Waals surface area contributed by atoms with Crippen LogP contribution in [0.1, 0.15) is 16.6 Å². The van der Waals surface area contributed by atoms with Gasteiger partial charge in [0.05, 0.1) is 29.5 Å². The summed E-state index contributed by atoms with van der Waals surface area (Å²) < 4.78 is 0. The highest BCUT2D eigenvalue weighted by molar-refractivity contribution is 7.21. The molecular formula is C15H17N5O2S. The van der Waals surface area contributed by atoms with Crippen LogP contribution in [0.15, 0.2) is 24.2 Å². The Morgan fingerprint density at radius 2 is 2.30 bits per heavy atom. The molecule has 0 fully saturated rings. The second-order valence-corrected chi connectivity index (χ2v) is 6.79. The van der Waals surface area contributed by atoms with Crippen molar-refractivity contribution in [1.82, 2.24) is 15.4 Å². The third kappa shape index (κ3) is 2.13. The van der Waals surface area contributed by atoms with Crippen LogP contribution in [-0.4, -0.2) is 42.6 Å². The smallest absolute Gasteiger partial charge is 0.274 e. The molecule has 1 amide bonds. The summed E-state index contributed by atoms with van der Waals surface area (Å²) in [4.78, 5) is 27.8. The van der Waals surface area contributed by atoms with Crippen molar-refractivity contribution in [3.8, 4) is 0 Å². The molecule has 4 heterocycles. The Morgan fingerprint density at radius 3 is 3.00 bits per heavy atom. The molecule has 4 rings (SSSR count). The van der Waals surface area contributed by atoms with Crippen LogP contribution in [0, 0.1) is 0 Å². The number of amides is 1. The van der Waals surface area contributed by atoms with Gasteiger partial charge in [-0.05, 0) is 19.1 Å². The van der Waals surface area contributed by atoms with E-state index in [0.29, 0.717) is 17.4 Å². The van der Waals surface area contributed by atoms with Gasteiger partial charge in [0.2, 0.25) is 5.88 Å². The van der Waals surface area contributed by atoms with E-state index in [4.69, 9.17) is 4.84 Å². The number of fused-ring (bicyclic) bond motifs is 3. The van der Waals surface area contributed by atoms with Gasteiger partial charge in [0.15, 0.2) is 0 Å². The predicted octanol–water partition coefficient (Wildman–Crippen LogP) is 1.95. The van der Waals surface area contributed by atoms with Gasteiger partial charge in [0.1, 0.15) is 9.71 Å². The molecule has 0 radical (unpaired) electrons. The van der Waals surface area contributed by atoms with E-state index in [-0.39, 0.29) is 11.9 Å². The molecule has 8 heteroatoms. The lowest BCUT2D eigenvalue weighted by Gasteiger charge is -2.27. The van der Waals surface area contributed by atoms with Crippen molar-refractivity contribution in [2.24, 2.45) is 0 Å². The first-order valence-electron chi connectivity index (χ1n) is 7.35. The number of aromatic nitrogens is 1. The van der Waals surface area contributed by atoms with Crippen molar-refractivity contribution in [3.63, 3.8) is 0 Å². The zero-order valence-electron chi connectivity index (χ0n) is 13.1. The minimum atomic E-state index is -0.0615. The number of rotatable bonds is 2. The lowest BCUT2D eigenvalue weighted by atomic mass is 10.2. The van der Waals surface area contributed by atoms with Gasteiger partial charge in [-0.25, -0.2) is 4.98 Å². The number of thiophene rings is 1. The zero-order valence-corrected chi connectivity index (χ0v) is 13.9. The van der Waals surface area contributed by atoms with Gasteiger partial charge in [0, 0.05) is 20.3 Å². The molecule has 0 spiro atoms. The molecule has 2 aromatic rings. The molecule has 120 valence electrons. The highest BCUT2D eigenvalue weighted by Crippen LogP contribution is 2.42. The Labute approximate surface area is 137 Å². The van der Waals surface area contributed by atoms with Crippen molar-refractivity contribution in [1.29, 1.82) is 0 Å². The van der Waals surface area contributed by atoms with Gasteiger partial charge >= 0.3 is 0 Å². The van der Waals surface area contributed by atoms with Crippen LogP contribution in [0.25, 0.3) is 10.2 Å². The lowest BCUT2D eigenvalue weighted by Crippen LogP contribution is -2.39. The number of nitrogens with one attached hydrogen (secondary N) is 2. The second kappa shape index (κ2) is 5.10. The molecule has 0 bridgehead atoms. The average Bonchev–Trinajstić information content (AvgIpc) is 3.11. The molecule has 0 saturated carbocycles. The summed E-state index contributed by atoms with van der Waals surface area (Å²) in [5, 5.41) is 4.35. The summed E-state index contributed by atoms with van der Waals surface area (Å²) in [5.74, 6) is 0.479. The molecule has 0 saturated heterocycles. The fourth-order valence-corrected chi connectivity index (χ4v) is 3.90. The van der Waals surface area contributed by atoms with E-state index in [1.165, 1.54) is 11.3 Å². The Hall–Kier alpha value is -2.32. The van der Waals surface area contributed by atoms with Gasteiger partial charge in [-0.3, -0.25) is 9.69 Å². The molecule has 0 aliphatic carbocycles. The molecule has 23 heavy (non-hydrogen) atoms. The molecule has 1 atom stereocenters. The number of hydrogen-bond donors (Lipinski definition) is 2. The Morgan fingerprint density at radius 1 is 1.48 bits per heavy atom. The van der Waals surface area contributed by atoms with E-state index in [0.717, 1.165) is 21.6 Å². The van der Waals surface area contributed by atoms with Crippen molar-refractivity contribution < 1.29 is 9.63 Å². The van der Waals surface area contributed by atoms with Crippen LogP contribution in [0.3, 0.4) is 0 Å².